The molecule has 3 nitrogen and oxygen atoms in total. The van der Waals surface area contributed by atoms with E-state index < -0.39 is 0 Å². The van der Waals surface area contributed by atoms with Crippen molar-refractivity contribution in [2.24, 2.45) is 5.92 Å². The molecule has 0 spiro atoms. The van der Waals surface area contributed by atoms with Crippen LogP contribution in [-0.2, 0) is 11.2 Å². The molecule has 1 aromatic carbocycles. The van der Waals surface area contributed by atoms with Gasteiger partial charge in [0, 0.05) is 12.1 Å². The van der Waals surface area contributed by atoms with Crippen LogP contribution < -0.4 is 5.32 Å². The van der Waals surface area contributed by atoms with Crippen LogP contribution in [0.4, 0.5) is 5.69 Å². The molecule has 1 saturated heterocycles. The first-order valence-corrected chi connectivity index (χ1v) is 8.24. The Labute approximate surface area is 128 Å². The van der Waals surface area contributed by atoms with Crippen molar-refractivity contribution in [3.8, 4) is 0 Å². The summed E-state index contributed by atoms with van der Waals surface area (Å²) >= 11 is 0. The van der Waals surface area contributed by atoms with Crippen LogP contribution in [0, 0.1) is 5.92 Å². The molecule has 2 rings (SSSR count). The summed E-state index contributed by atoms with van der Waals surface area (Å²) in [7, 11) is 0. The first kappa shape index (κ1) is 16.0. The molecule has 1 N–H and O–H groups in total. The number of nitrogens with one attached hydrogen (secondary N) is 1. The molecule has 116 valence electrons. The van der Waals surface area contributed by atoms with Crippen LogP contribution in [0.1, 0.15) is 45.1 Å². The second-order valence-electron chi connectivity index (χ2n) is 6.50. The van der Waals surface area contributed by atoms with Crippen LogP contribution in [0.15, 0.2) is 24.3 Å². The van der Waals surface area contributed by atoms with Crippen molar-refractivity contribution in [3.63, 3.8) is 0 Å². The van der Waals surface area contributed by atoms with Gasteiger partial charge in [-0.1, -0.05) is 26.0 Å². The summed E-state index contributed by atoms with van der Waals surface area (Å²) in [5.74, 6) is 0.502. The monoisotopic (exact) mass is 288 g/mol. The number of likely N-dealkylation sites (tertiary alicyclic amines) is 1. The zero-order valence-corrected chi connectivity index (χ0v) is 13.4. The number of aryl methyl sites for hydroxylation is 1. The van der Waals surface area contributed by atoms with E-state index >= 15 is 0 Å². The predicted octanol–water partition coefficient (Wildman–Crippen LogP) is 3.70. The standard InChI is InChI=1S/C18H28N2O/c1-15(2)14-18(21)19-17-9-7-16(8-10-17)6-5-13-20-11-3-4-12-20/h7-10,15H,3-6,11-14H2,1-2H3,(H,19,21). The van der Waals surface area contributed by atoms with Crippen LogP contribution in [0.3, 0.4) is 0 Å². The average molecular weight is 288 g/mol. The van der Waals surface area contributed by atoms with Gasteiger partial charge in [0.05, 0.1) is 0 Å². The van der Waals surface area contributed by atoms with E-state index in [1.165, 1.54) is 44.5 Å². The maximum atomic E-state index is 11.7. The summed E-state index contributed by atoms with van der Waals surface area (Å²) in [6.45, 7) is 7.89. The summed E-state index contributed by atoms with van der Waals surface area (Å²) in [6.07, 6.45) is 5.66. The van der Waals surface area contributed by atoms with E-state index in [4.69, 9.17) is 0 Å². The number of benzene rings is 1. The van der Waals surface area contributed by atoms with Crippen molar-refractivity contribution < 1.29 is 4.79 Å². The quantitative estimate of drug-likeness (QED) is 0.829. The zero-order valence-electron chi connectivity index (χ0n) is 13.4. The molecule has 0 atom stereocenters. The lowest BCUT2D eigenvalue weighted by Gasteiger charge is -2.14. The van der Waals surface area contributed by atoms with E-state index in [2.05, 4.69) is 36.2 Å². The number of nitrogens with zero attached hydrogens (tertiary/aromatic N) is 1. The second-order valence-corrected chi connectivity index (χ2v) is 6.50. The van der Waals surface area contributed by atoms with Gasteiger partial charge in [-0.3, -0.25) is 4.79 Å². The molecule has 1 aliphatic heterocycles. The van der Waals surface area contributed by atoms with Gasteiger partial charge in [-0.05, 0) is 68.9 Å². The topological polar surface area (TPSA) is 32.3 Å². The van der Waals surface area contributed by atoms with Gasteiger partial charge in [0.25, 0.3) is 0 Å². The van der Waals surface area contributed by atoms with Crippen molar-refractivity contribution >= 4 is 11.6 Å². The number of hydrogen-bond donors (Lipinski definition) is 1. The van der Waals surface area contributed by atoms with Crippen molar-refractivity contribution in [1.82, 2.24) is 4.90 Å². The molecular weight excluding hydrogens is 260 g/mol. The average Bonchev–Trinajstić information content (AvgIpc) is 2.93. The number of amides is 1. The van der Waals surface area contributed by atoms with Crippen LogP contribution in [0.5, 0.6) is 0 Å². The number of carbonyl (C=O) groups excluding carboxylic acids is 1. The van der Waals surface area contributed by atoms with Gasteiger partial charge in [-0.2, -0.15) is 0 Å². The lowest BCUT2D eigenvalue weighted by Crippen LogP contribution is -2.20. The molecular formula is C18H28N2O. The Bertz CT molecular complexity index is 433. The molecule has 0 saturated carbocycles. The fourth-order valence-electron chi connectivity index (χ4n) is 2.85. The van der Waals surface area contributed by atoms with Gasteiger partial charge in [0.15, 0.2) is 0 Å². The molecule has 0 unspecified atom stereocenters. The lowest BCUT2D eigenvalue weighted by molar-refractivity contribution is -0.116. The van der Waals surface area contributed by atoms with E-state index in [-0.39, 0.29) is 5.91 Å². The molecule has 0 radical (unpaired) electrons. The summed E-state index contributed by atoms with van der Waals surface area (Å²) in [5.41, 5.74) is 2.26. The Morgan fingerprint density at radius 3 is 2.48 bits per heavy atom. The zero-order chi connectivity index (χ0) is 15.1. The number of rotatable bonds is 7. The fourth-order valence-corrected chi connectivity index (χ4v) is 2.85. The normalized spacial score (nSPS) is 15.6. The van der Waals surface area contributed by atoms with Crippen LogP contribution in [0.2, 0.25) is 0 Å². The Hall–Kier alpha value is -1.35. The van der Waals surface area contributed by atoms with Crippen molar-refractivity contribution in [2.75, 3.05) is 25.0 Å². The third-order valence-electron chi connectivity index (χ3n) is 3.97. The number of anilines is 1. The van der Waals surface area contributed by atoms with E-state index in [0.717, 1.165) is 12.1 Å². The summed E-state index contributed by atoms with van der Waals surface area (Å²) in [4.78, 5) is 14.3. The third kappa shape index (κ3) is 5.88. The van der Waals surface area contributed by atoms with Gasteiger partial charge in [0.2, 0.25) is 5.91 Å². The minimum atomic E-state index is 0.104. The predicted molar refractivity (Wildman–Crippen MR) is 88.5 cm³/mol. The molecule has 0 aliphatic carbocycles. The van der Waals surface area contributed by atoms with Gasteiger partial charge < -0.3 is 10.2 Å². The third-order valence-corrected chi connectivity index (χ3v) is 3.97. The molecule has 1 heterocycles. The molecule has 1 fully saturated rings. The van der Waals surface area contributed by atoms with Crippen LogP contribution >= 0.6 is 0 Å². The smallest absolute Gasteiger partial charge is 0.224 e. The molecule has 21 heavy (non-hydrogen) atoms. The first-order chi connectivity index (χ1) is 10.1. The highest BCUT2D eigenvalue weighted by Gasteiger charge is 2.10. The maximum Gasteiger partial charge on any atom is 0.224 e. The fraction of sp³-hybridized carbons (Fsp3) is 0.611. The van der Waals surface area contributed by atoms with Gasteiger partial charge in [0.1, 0.15) is 0 Å². The molecule has 0 aromatic heterocycles. The summed E-state index contributed by atoms with van der Waals surface area (Å²) in [5, 5.41) is 2.95. The molecule has 1 aromatic rings. The Kier molecular flexibility index (Phi) is 6.24. The molecule has 3 heteroatoms. The highest BCUT2D eigenvalue weighted by atomic mass is 16.1. The highest BCUT2D eigenvalue weighted by molar-refractivity contribution is 5.90. The highest BCUT2D eigenvalue weighted by Crippen LogP contribution is 2.14. The second kappa shape index (κ2) is 8.18. The Morgan fingerprint density at radius 2 is 1.86 bits per heavy atom. The van der Waals surface area contributed by atoms with E-state index in [1.807, 2.05) is 12.1 Å². The maximum absolute atomic E-state index is 11.7. The van der Waals surface area contributed by atoms with Crippen LogP contribution in [0.25, 0.3) is 0 Å². The van der Waals surface area contributed by atoms with E-state index in [0.29, 0.717) is 12.3 Å². The van der Waals surface area contributed by atoms with Gasteiger partial charge >= 0.3 is 0 Å². The largest absolute Gasteiger partial charge is 0.326 e. The first-order valence-electron chi connectivity index (χ1n) is 8.24. The van der Waals surface area contributed by atoms with Crippen molar-refractivity contribution in [1.29, 1.82) is 0 Å². The Balaban J connectivity index is 1.72. The minimum absolute atomic E-state index is 0.104. The SMILES string of the molecule is CC(C)CC(=O)Nc1ccc(CCCN2CCCC2)cc1. The van der Waals surface area contributed by atoms with Crippen LogP contribution in [-0.4, -0.2) is 30.4 Å². The summed E-state index contributed by atoms with van der Waals surface area (Å²) in [6, 6.07) is 8.30. The van der Waals surface area contributed by atoms with Gasteiger partial charge in [-0.25, -0.2) is 0 Å². The van der Waals surface area contributed by atoms with Gasteiger partial charge in [-0.15, -0.1) is 0 Å². The lowest BCUT2D eigenvalue weighted by atomic mass is 10.1. The number of hydrogen-bond acceptors (Lipinski definition) is 2. The van der Waals surface area contributed by atoms with Crippen molar-refractivity contribution in [3.05, 3.63) is 29.8 Å². The minimum Gasteiger partial charge on any atom is -0.326 e. The van der Waals surface area contributed by atoms with Crippen molar-refractivity contribution in [2.45, 2.75) is 46.0 Å². The molecule has 1 amide bonds. The Morgan fingerprint density at radius 1 is 1.19 bits per heavy atom. The summed E-state index contributed by atoms with van der Waals surface area (Å²) < 4.78 is 0. The van der Waals surface area contributed by atoms with E-state index in [1.54, 1.807) is 0 Å². The molecule has 0 bridgehead atoms. The number of carbonyl (C=O) groups is 1. The van der Waals surface area contributed by atoms with E-state index in [9.17, 15) is 4.79 Å². The molecule has 1 aliphatic rings.